The number of hydrogen-bond acceptors (Lipinski definition) is 3. The highest BCUT2D eigenvalue weighted by atomic mass is 35.5. The van der Waals surface area contributed by atoms with Crippen molar-refractivity contribution in [3.63, 3.8) is 0 Å². The fourth-order valence-electron chi connectivity index (χ4n) is 4.23. The highest BCUT2D eigenvalue weighted by molar-refractivity contribution is 6.30. The Labute approximate surface area is 205 Å². The number of ether oxygens (including phenoxy) is 1. The van der Waals surface area contributed by atoms with Crippen molar-refractivity contribution in [2.75, 3.05) is 6.61 Å². The van der Waals surface area contributed by atoms with E-state index >= 15 is 0 Å². The van der Waals surface area contributed by atoms with Crippen LogP contribution in [0.2, 0.25) is 5.02 Å². The van der Waals surface area contributed by atoms with Gasteiger partial charge < -0.3 is 14.6 Å². The van der Waals surface area contributed by atoms with Crippen LogP contribution in [-0.4, -0.2) is 22.1 Å². The molecule has 1 N–H and O–H groups in total. The molecule has 0 aliphatic heterocycles. The molecular formula is C28H30ClN3O2. The second kappa shape index (κ2) is 10.7. The van der Waals surface area contributed by atoms with Crippen LogP contribution in [0, 0.1) is 13.8 Å². The van der Waals surface area contributed by atoms with Crippen LogP contribution in [0.15, 0.2) is 66.7 Å². The predicted octanol–water partition coefficient (Wildman–Crippen LogP) is 6.20. The lowest BCUT2D eigenvalue weighted by Crippen LogP contribution is -2.30. The van der Waals surface area contributed by atoms with Crippen molar-refractivity contribution in [1.29, 1.82) is 0 Å². The molecule has 6 heteroatoms. The topological polar surface area (TPSA) is 56.1 Å². The fraction of sp³-hybridized carbons (Fsp3) is 0.286. The molecule has 0 saturated carbocycles. The summed E-state index contributed by atoms with van der Waals surface area (Å²) in [6.45, 7) is 7.47. The number of halogens is 1. The maximum atomic E-state index is 12.7. The maximum absolute atomic E-state index is 12.7. The number of imidazole rings is 1. The lowest BCUT2D eigenvalue weighted by molar-refractivity contribution is -0.121. The van der Waals surface area contributed by atoms with Gasteiger partial charge in [-0.2, -0.15) is 0 Å². The number of nitrogens with zero attached hydrogens (tertiary/aromatic N) is 2. The van der Waals surface area contributed by atoms with Crippen LogP contribution in [0.4, 0.5) is 0 Å². The third-order valence-corrected chi connectivity index (χ3v) is 6.16. The fourth-order valence-corrected chi connectivity index (χ4v) is 4.35. The van der Waals surface area contributed by atoms with Gasteiger partial charge in [-0.25, -0.2) is 4.98 Å². The summed E-state index contributed by atoms with van der Waals surface area (Å²) in [7, 11) is 0. The van der Waals surface area contributed by atoms with E-state index in [0.29, 0.717) is 18.1 Å². The number of nitrogens with one attached hydrogen (secondary N) is 1. The quantitative estimate of drug-likeness (QED) is 0.293. The van der Waals surface area contributed by atoms with Crippen LogP contribution >= 0.6 is 11.6 Å². The summed E-state index contributed by atoms with van der Waals surface area (Å²) in [5, 5.41) is 3.77. The largest absolute Gasteiger partial charge is 0.493 e. The number of fused-ring (bicyclic) bond motifs is 1. The van der Waals surface area contributed by atoms with Gasteiger partial charge in [0.05, 0.1) is 30.1 Å². The van der Waals surface area contributed by atoms with E-state index in [1.165, 1.54) is 0 Å². The maximum Gasteiger partial charge on any atom is 0.224 e. The third-order valence-electron chi connectivity index (χ3n) is 5.91. The normalized spacial score (nSPS) is 12.0. The summed E-state index contributed by atoms with van der Waals surface area (Å²) in [5.74, 6) is 1.76. The van der Waals surface area contributed by atoms with E-state index in [-0.39, 0.29) is 11.9 Å². The Morgan fingerprint density at radius 1 is 1.03 bits per heavy atom. The molecule has 0 radical (unpaired) electrons. The first-order valence-corrected chi connectivity index (χ1v) is 12.0. The molecule has 0 aliphatic carbocycles. The molecule has 0 fully saturated rings. The smallest absolute Gasteiger partial charge is 0.224 e. The molecule has 4 aromatic rings. The molecule has 1 atom stereocenters. The number of aromatic nitrogens is 2. The molecule has 34 heavy (non-hydrogen) atoms. The average Bonchev–Trinajstić information content (AvgIpc) is 3.18. The van der Waals surface area contributed by atoms with E-state index in [4.69, 9.17) is 21.3 Å². The average molecular weight is 476 g/mol. The van der Waals surface area contributed by atoms with Gasteiger partial charge in [0.1, 0.15) is 11.6 Å². The van der Waals surface area contributed by atoms with Crippen LogP contribution in [0.25, 0.3) is 11.0 Å². The Hall–Kier alpha value is -3.31. The molecule has 0 bridgehead atoms. The highest BCUT2D eigenvalue weighted by Crippen LogP contribution is 2.24. The molecule has 0 spiro atoms. The Morgan fingerprint density at radius 3 is 2.47 bits per heavy atom. The van der Waals surface area contributed by atoms with Gasteiger partial charge in [-0.05, 0) is 68.1 Å². The van der Waals surface area contributed by atoms with Crippen molar-refractivity contribution >= 4 is 28.5 Å². The third kappa shape index (κ3) is 5.60. The molecule has 1 heterocycles. The SMILES string of the molecule is Cc1cccc(C)c1OCCCn1c(C(C)NC(=O)Cc2ccc(Cl)cc2)nc2ccccc21. The number of benzene rings is 3. The van der Waals surface area contributed by atoms with E-state index in [2.05, 4.69) is 41.9 Å². The summed E-state index contributed by atoms with van der Waals surface area (Å²) < 4.78 is 8.30. The Morgan fingerprint density at radius 2 is 1.74 bits per heavy atom. The molecule has 0 saturated heterocycles. The number of aryl methyl sites for hydroxylation is 3. The van der Waals surface area contributed by atoms with E-state index in [1.54, 1.807) is 12.1 Å². The Bertz CT molecular complexity index is 1260. The van der Waals surface area contributed by atoms with Crippen molar-refractivity contribution in [2.24, 2.45) is 0 Å². The lowest BCUT2D eigenvalue weighted by atomic mass is 10.1. The van der Waals surface area contributed by atoms with Crippen LogP contribution in [0.5, 0.6) is 5.75 Å². The van der Waals surface area contributed by atoms with Gasteiger partial charge in [-0.3, -0.25) is 4.79 Å². The zero-order valence-corrected chi connectivity index (χ0v) is 20.6. The molecular weight excluding hydrogens is 446 g/mol. The van der Waals surface area contributed by atoms with Gasteiger partial charge in [-0.15, -0.1) is 0 Å². The van der Waals surface area contributed by atoms with Gasteiger partial charge in [0.25, 0.3) is 0 Å². The first-order chi connectivity index (χ1) is 16.4. The van der Waals surface area contributed by atoms with Gasteiger partial charge >= 0.3 is 0 Å². The van der Waals surface area contributed by atoms with Crippen molar-refractivity contribution in [3.05, 3.63) is 94.3 Å². The van der Waals surface area contributed by atoms with Crippen molar-refractivity contribution in [1.82, 2.24) is 14.9 Å². The molecule has 0 aliphatic rings. The van der Waals surface area contributed by atoms with Gasteiger partial charge in [0, 0.05) is 11.6 Å². The number of hydrogen-bond donors (Lipinski definition) is 1. The van der Waals surface area contributed by atoms with E-state index < -0.39 is 0 Å². The predicted molar refractivity (Wildman–Crippen MR) is 137 cm³/mol. The Kier molecular flexibility index (Phi) is 7.53. The number of para-hydroxylation sites is 3. The van der Waals surface area contributed by atoms with Gasteiger partial charge in [-0.1, -0.05) is 54.1 Å². The second-order valence-electron chi connectivity index (χ2n) is 8.63. The molecule has 4 rings (SSSR count). The van der Waals surface area contributed by atoms with Gasteiger partial charge in [0.15, 0.2) is 0 Å². The van der Waals surface area contributed by atoms with Crippen LogP contribution in [0.1, 0.15) is 41.9 Å². The van der Waals surface area contributed by atoms with Crippen LogP contribution < -0.4 is 10.1 Å². The van der Waals surface area contributed by atoms with Gasteiger partial charge in [0.2, 0.25) is 5.91 Å². The summed E-state index contributed by atoms with van der Waals surface area (Å²) >= 11 is 5.95. The van der Waals surface area contributed by atoms with Crippen LogP contribution in [-0.2, 0) is 17.8 Å². The molecule has 1 unspecified atom stereocenters. The molecule has 1 aromatic heterocycles. The first-order valence-electron chi connectivity index (χ1n) is 11.6. The zero-order valence-electron chi connectivity index (χ0n) is 19.8. The number of rotatable bonds is 9. The van der Waals surface area contributed by atoms with E-state index in [9.17, 15) is 4.79 Å². The molecule has 3 aromatic carbocycles. The zero-order chi connectivity index (χ0) is 24.1. The molecule has 1 amide bonds. The van der Waals surface area contributed by atoms with Crippen molar-refractivity contribution in [3.8, 4) is 5.75 Å². The molecule has 176 valence electrons. The number of amides is 1. The number of carbonyl (C=O) groups is 1. The van der Waals surface area contributed by atoms with E-state index in [0.717, 1.165) is 52.3 Å². The summed E-state index contributed by atoms with van der Waals surface area (Å²) in [6.07, 6.45) is 1.12. The second-order valence-corrected chi connectivity index (χ2v) is 9.06. The number of carbonyl (C=O) groups excluding carboxylic acids is 1. The summed E-state index contributed by atoms with van der Waals surface area (Å²) in [4.78, 5) is 17.5. The van der Waals surface area contributed by atoms with Crippen molar-refractivity contribution < 1.29 is 9.53 Å². The standard InChI is InChI=1S/C28H30ClN3O2/c1-19-8-6-9-20(2)27(19)34-17-7-16-32-25-11-5-4-10-24(25)31-28(32)21(3)30-26(33)18-22-12-14-23(29)15-13-22/h4-6,8-15,21H,7,16-18H2,1-3H3,(H,30,33). The minimum Gasteiger partial charge on any atom is -0.493 e. The molecule has 5 nitrogen and oxygen atoms in total. The minimum atomic E-state index is -0.230. The van der Waals surface area contributed by atoms with Crippen molar-refractivity contribution in [2.45, 2.75) is 46.2 Å². The minimum absolute atomic E-state index is 0.0493. The van der Waals surface area contributed by atoms with Crippen LogP contribution in [0.3, 0.4) is 0 Å². The summed E-state index contributed by atoms with van der Waals surface area (Å²) in [6, 6.07) is 21.4. The lowest BCUT2D eigenvalue weighted by Gasteiger charge is -2.17. The summed E-state index contributed by atoms with van der Waals surface area (Å²) in [5.41, 5.74) is 5.19. The first kappa shape index (κ1) is 23.8. The highest BCUT2D eigenvalue weighted by Gasteiger charge is 2.18. The Balaban J connectivity index is 1.44. The van der Waals surface area contributed by atoms with E-state index in [1.807, 2.05) is 43.3 Å². The monoisotopic (exact) mass is 475 g/mol.